The molecule has 0 saturated carbocycles. The summed E-state index contributed by atoms with van der Waals surface area (Å²) in [5, 5.41) is 12.2. The van der Waals surface area contributed by atoms with Gasteiger partial charge in [-0.15, -0.1) is 5.10 Å². The van der Waals surface area contributed by atoms with Gasteiger partial charge in [0.15, 0.2) is 0 Å². The number of nitrogens with zero attached hydrogens (tertiary/aromatic N) is 5. The monoisotopic (exact) mass is 383 g/mol. The van der Waals surface area contributed by atoms with Crippen LogP contribution in [-0.2, 0) is 11.7 Å². The molecule has 9 heteroatoms. The van der Waals surface area contributed by atoms with E-state index in [1.165, 1.54) is 17.0 Å². The Kier molecular flexibility index (Phi) is 5.16. The fourth-order valence-electron chi connectivity index (χ4n) is 3.49. The summed E-state index contributed by atoms with van der Waals surface area (Å²) in [5.74, 6) is 0.838. The molecule has 3 rings (SSSR count). The van der Waals surface area contributed by atoms with Crippen LogP contribution >= 0.6 is 0 Å². The van der Waals surface area contributed by atoms with Gasteiger partial charge in [-0.05, 0) is 56.3 Å². The van der Waals surface area contributed by atoms with Crippen LogP contribution in [0.1, 0.15) is 45.1 Å². The maximum absolute atomic E-state index is 13.0. The average molecular weight is 383 g/mol. The first-order chi connectivity index (χ1) is 12.6. The van der Waals surface area contributed by atoms with Crippen molar-refractivity contribution in [1.29, 1.82) is 0 Å². The van der Waals surface area contributed by atoms with Crippen LogP contribution in [0.4, 0.5) is 18.9 Å². The quantitative estimate of drug-likeness (QED) is 0.880. The van der Waals surface area contributed by atoms with E-state index in [0.29, 0.717) is 18.8 Å². The molecular formula is C18H26F3N6+. The van der Waals surface area contributed by atoms with Crippen molar-refractivity contribution in [3.63, 3.8) is 0 Å². The number of hydrogen-bond donors (Lipinski definition) is 1. The van der Waals surface area contributed by atoms with Crippen LogP contribution in [-0.4, -0.2) is 46.4 Å². The second-order valence-electron chi connectivity index (χ2n) is 8.03. The van der Waals surface area contributed by atoms with E-state index in [4.69, 9.17) is 0 Å². The lowest BCUT2D eigenvalue weighted by Gasteiger charge is -2.36. The molecule has 0 radical (unpaired) electrons. The minimum atomic E-state index is -4.32. The molecular weight excluding hydrogens is 357 g/mol. The van der Waals surface area contributed by atoms with Crippen LogP contribution < -0.4 is 9.80 Å². The Morgan fingerprint density at radius 1 is 1.11 bits per heavy atom. The van der Waals surface area contributed by atoms with E-state index in [9.17, 15) is 13.2 Å². The van der Waals surface area contributed by atoms with Crippen LogP contribution in [0.5, 0.6) is 0 Å². The number of tetrazole rings is 1. The van der Waals surface area contributed by atoms with E-state index in [1.54, 1.807) is 6.07 Å². The molecule has 1 aromatic heterocycles. The summed E-state index contributed by atoms with van der Waals surface area (Å²) in [5.41, 5.74) is -0.185. The van der Waals surface area contributed by atoms with E-state index in [2.05, 4.69) is 43.2 Å². The lowest BCUT2D eigenvalue weighted by molar-refractivity contribution is -0.931. The number of benzene rings is 1. The highest BCUT2D eigenvalue weighted by atomic mass is 19.4. The Morgan fingerprint density at radius 3 is 2.37 bits per heavy atom. The molecule has 0 aliphatic carbocycles. The van der Waals surface area contributed by atoms with Crippen molar-refractivity contribution in [2.45, 2.75) is 45.5 Å². The highest BCUT2D eigenvalue weighted by Crippen LogP contribution is 2.31. The fourth-order valence-corrected chi connectivity index (χ4v) is 3.49. The van der Waals surface area contributed by atoms with Crippen molar-refractivity contribution in [3.8, 4) is 0 Å². The van der Waals surface area contributed by atoms with Gasteiger partial charge in [-0.3, -0.25) is 0 Å². The van der Waals surface area contributed by atoms with Gasteiger partial charge in [0.2, 0.25) is 5.82 Å². The van der Waals surface area contributed by atoms with Crippen LogP contribution in [0.2, 0.25) is 0 Å². The third-order valence-electron chi connectivity index (χ3n) is 5.07. The highest BCUT2D eigenvalue weighted by Gasteiger charge is 2.33. The van der Waals surface area contributed by atoms with E-state index < -0.39 is 11.7 Å². The molecule has 0 spiro atoms. The first-order valence-corrected chi connectivity index (χ1v) is 9.13. The van der Waals surface area contributed by atoms with Gasteiger partial charge in [-0.25, -0.2) is 4.68 Å². The smallest absolute Gasteiger partial charge is 0.360 e. The summed E-state index contributed by atoms with van der Waals surface area (Å²) in [6, 6.07) is 5.66. The SMILES string of the molecule is C[C@@H](c1nnnn1C(C)(C)C)[NH+]1CCN(c2cccc(C(F)(F)F)c2)CC1. The third kappa shape index (κ3) is 4.23. The maximum atomic E-state index is 13.0. The van der Waals surface area contributed by atoms with Gasteiger partial charge in [0, 0.05) is 5.69 Å². The molecule has 0 amide bonds. The first-order valence-electron chi connectivity index (χ1n) is 9.13. The van der Waals surface area contributed by atoms with Crippen molar-refractivity contribution in [1.82, 2.24) is 20.2 Å². The Labute approximate surface area is 156 Å². The van der Waals surface area contributed by atoms with Gasteiger partial charge in [-0.2, -0.15) is 13.2 Å². The number of rotatable bonds is 3. The van der Waals surface area contributed by atoms with Gasteiger partial charge in [-0.1, -0.05) is 6.07 Å². The van der Waals surface area contributed by atoms with Gasteiger partial charge in [0.25, 0.3) is 0 Å². The molecule has 1 N–H and O–H groups in total. The third-order valence-corrected chi connectivity index (χ3v) is 5.07. The standard InChI is InChI=1S/C18H25F3N6/c1-13(16-22-23-24-27(16)17(2,3)4)25-8-10-26(11-9-25)15-7-5-6-14(12-15)18(19,20)21/h5-7,12-13H,8-11H2,1-4H3/p+1/t13-/m0/s1. The molecule has 1 fully saturated rings. The molecule has 1 atom stereocenters. The molecule has 1 aliphatic heterocycles. The summed E-state index contributed by atoms with van der Waals surface area (Å²) in [6.07, 6.45) is -4.32. The van der Waals surface area contributed by atoms with Gasteiger partial charge in [0.1, 0.15) is 6.04 Å². The molecule has 0 unspecified atom stereocenters. The topological polar surface area (TPSA) is 51.3 Å². The molecule has 6 nitrogen and oxygen atoms in total. The van der Waals surface area contributed by atoms with Crippen molar-refractivity contribution < 1.29 is 18.1 Å². The molecule has 27 heavy (non-hydrogen) atoms. The molecule has 1 aromatic carbocycles. The lowest BCUT2D eigenvalue weighted by Crippen LogP contribution is -3.15. The number of quaternary nitrogens is 1. The Balaban J connectivity index is 1.68. The molecule has 0 bridgehead atoms. The first kappa shape index (κ1) is 19.6. The summed E-state index contributed by atoms with van der Waals surface area (Å²) < 4.78 is 40.7. The van der Waals surface area contributed by atoms with Crippen LogP contribution in [0.3, 0.4) is 0 Å². The number of piperazine rings is 1. The van der Waals surface area contributed by atoms with Crippen LogP contribution in [0.15, 0.2) is 24.3 Å². The predicted octanol–water partition coefficient (Wildman–Crippen LogP) is 1.91. The number of aromatic nitrogens is 4. The Bertz CT molecular complexity index is 772. The number of alkyl halides is 3. The van der Waals surface area contributed by atoms with Gasteiger partial charge >= 0.3 is 6.18 Å². The van der Waals surface area contributed by atoms with Crippen molar-refractivity contribution in [2.24, 2.45) is 0 Å². The average Bonchev–Trinajstić information content (AvgIpc) is 3.11. The van der Waals surface area contributed by atoms with Crippen LogP contribution in [0, 0.1) is 0 Å². The van der Waals surface area contributed by atoms with Crippen molar-refractivity contribution in [3.05, 3.63) is 35.7 Å². The molecule has 2 aromatic rings. The summed E-state index contributed by atoms with van der Waals surface area (Å²) in [7, 11) is 0. The second-order valence-corrected chi connectivity index (χ2v) is 8.03. The molecule has 2 heterocycles. The zero-order chi connectivity index (χ0) is 19.8. The van der Waals surface area contributed by atoms with E-state index in [0.717, 1.165) is 25.0 Å². The minimum Gasteiger partial charge on any atom is -0.360 e. The normalized spacial score (nSPS) is 18.0. The predicted molar refractivity (Wildman–Crippen MR) is 95.6 cm³/mol. The summed E-state index contributed by atoms with van der Waals surface area (Å²) in [6.45, 7) is 11.3. The molecule has 148 valence electrons. The summed E-state index contributed by atoms with van der Waals surface area (Å²) in [4.78, 5) is 3.34. The highest BCUT2D eigenvalue weighted by molar-refractivity contribution is 5.49. The summed E-state index contributed by atoms with van der Waals surface area (Å²) >= 11 is 0. The lowest BCUT2D eigenvalue weighted by atomic mass is 10.1. The van der Waals surface area contributed by atoms with E-state index in [1.807, 2.05) is 9.58 Å². The zero-order valence-electron chi connectivity index (χ0n) is 16.1. The second kappa shape index (κ2) is 7.10. The Morgan fingerprint density at radius 2 is 1.78 bits per heavy atom. The largest absolute Gasteiger partial charge is 0.416 e. The number of anilines is 1. The van der Waals surface area contributed by atoms with Gasteiger partial charge < -0.3 is 9.80 Å². The van der Waals surface area contributed by atoms with Crippen molar-refractivity contribution >= 4 is 5.69 Å². The molecule has 1 saturated heterocycles. The van der Waals surface area contributed by atoms with Gasteiger partial charge in [0.05, 0.1) is 37.3 Å². The van der Waals surface area contributed by atoms with E-state index in [-0.39, 0.29) is 11.6 Å². The number of halogens is 3. The maximum Gasteiger partial charge on any atom is 0.416 e. The molecule has 1 aliphatic rings. The Hall–Kier alpha value is -2.16. The van der Waals surface area contributed by atoms with Crippen LogP contribution in [0.25, 0.3) is 0 Å². The zero-order valence-corrected chi connectivity index (χ0v) is 16.1. The fraction of sp³-hybridized carbons (Fsp3) is 0.611. The van der Waals surface area contributed by atoms with E-state index >= 15 is 0 Å². The van der Waals surface area contributed by atoms with Crippen molar-refractivity contribution in [2.75, 3.05) is 31.1 Å². The number of nitrogens with one attached hydrogen (secondary N) is 1. The minimum absolute atomic E-state index is 0.114. The number of hydrogen-bond acceptors (Lipinski definition) is 4.